The Labute approximate surface area is 172 Å². The summed E-state index contributed by atoms with van der Waals surface area (Å²) < 4.78 is 44.1. The third kappa shape index (κ3) is 4.27. The molecule has 0 radical (unpaired) electrons. The van der Waals surface area contributed by atoms with Gasteiger partial charge in [-0.05, 0) is 55.2 Å². The molecule has 1 aliphatic rings. The number of rotatable bonds is 4. The zero-order valence-corrected chi connectivity index (χ0v) is 16.6. The molecule has 154 valence electrons. The first-order valence-corrected chi connectivity index (χ1v) is 9.71. The minimum Gasteiger partial charge on any atom is -0.457 e. The largest absolute Gasteiger partial charge is 0.457 e. The van der Waals surface area contributed by atoms with Gasteiger partial charge in [-0.2, -0.15) is 13.2 Å². The van der Waals surface area contributed by atoms with Gasteiger partial charge >= 0.3 is 12.1 Å². The minimum absolute atomic E-state index is 0.0686. The van der Waals surface area contributed by atoms with E-state index >= 15 is 0 Å². The number of nitrogens with one attached hydrogen (secondary N) is 1. The number of likely N-dealkylation sites (N-methyl/N-ethyl adjacent to an activating group) is 1. The molecule has 0 aliphatic heterocycles. The second-order valence-corrected chi connectivity index (χ2v) is 7.42. The van der Waals surface area contributed by atoms with Crippen molar-refractivity contribution in [3.8, 4) is 0 Å². The second kappa shape index (κ2) is 8.49. The number of halogens is 3. The van der Waals surface area contributed by atoms with Crippen LogP contribution in [0.25, 0.3) is 0 Å². The third-order valence-electron chi connectivity index (χ3n) is 5.34. The Morgan fingerprint density at radius 2 is 1.97 bits per heavy atom. The fraction of sp³-hybridized carbons (Fsp3) is 0.381. The van der Waals surface area contributed by atoms with Crippen LogP contribution in [0.2, 0.25) is 0 Å². The first kappa shape index (κ1) is 21.2. The monoisotopic (exact) mass is 422 g/mol. The lowest BCUT2D eigenvalue weighted by atomic mass is 9.67. The number of nitrogens with zero attached hydrogens (tertiary/aromatic N) is 1. The van der Waals surface area contributed by atoms with Crippen molar-refractivity contribution in [3.63, 3.8) is 0 Å². The highest BCUT2D eigenvalue weighted by Gasteiger charge is 2.48. The van der Waals surface area contributed by atoms with Crippen LogP contribution in [0.4, 0.5) is 13.2 Å². The number of esters is 1. The van der Waals surface area contributed by atoms with E-state index in [0.717, 1.165) is 42.7 Å². The normalized spacial score (nSPS) is 22.0. The van der Waals surface area contributed by atoms with Crippen LogP contribution in [-0.2, 0) is 16.3 Å². The number of carbonyl (C=O) groups is 1. The molecular weight excluding hydrogens is 401 g/mol. The van der Waals surface area contributed by atoms with Crippen molar-refractivity contribution in [1.82, 2.24) is 10.3 Å². The first-order valence-electron chi connectivity index (χ1n) is 9.30. The Kier molecular flexibility index (Phi) is 6.21. The number of benzene rings is 1. The number of hydrogen-bond acceptors (Lipinski definition) is 4. The van der Waals surface area contributed by atoms with Crippen LogP contribution in [0.15, 0.2) is 48.8 Å². The summed E-state index contributed by atoms with van der Waals surface area (Å²) in [5, 5.41) is 3.03. The van der Waals surface area contributed by atoms with Crippen LogP contribution in [-0.4, -0.2) is 29.1 Å². The molecular formula is C21H21F3N2O2S. The molecule has 3 rings (SSSR count). The van der Waals surface area contributed by atoms with E-state index in [9.17, 15) is 18.0 Å². The molecule has 1 aromatic heterocycles. The number of aromatic nitrogens is 1. The van der Waals surface area contributed by atoms with Gasteiger partial charge in [-0.3, -0.25) is 4.98 Å². The van der Waals surface area contributed by atoms with Gasteiger partial charge in [0.1, 0.15) is 6.10 Å². The molecule has 4 nitrogen and oxygen atoms in total. The smallest absolute Gasteiger partial charge is 0.416 e. The molecule has 0 amide bonds. The van der Waals surface area contributed by atoms with Gasteiger partial charge in [0.05, 0.1) is 21.5 Å². The highest BCUT2D eigenvalue weighted by molar-refractivity contribution is 7.80. The molecule has 1 fully saturated rings. The van der Waals surface area contributed by atoms with Crippen molar-refractivity contribution < 1.29 is 22.7 Å². The molecule has 1 aliphatic carbocycles. The summed E-state index contributed by atoms with van der Waals surface area (Å²) in [6.07, 6.45) is 1.42. The summed E-state index contributed by atoms with van der Waals surface area (Å²) in [6, 6.07) is 7.74. The fourth-order valence-corrected chi connectivity index (χ4v) is 4.22. The second-order valence-electron chi connectivity index (χ2n) is 7.01. The molecule has 0 spiro atoms. The van der Waals surface area contributed by atoms with Gasteiger partial charge in [0.2, 0.25) is 0 Å². The zero-order valence-electron chi connectivity index (χ0n) is 15.8. The van der Waals surface area contributed by atoms with Crippen LogP contribution in [0.5, 0.6) is 0 Å². The Morgan fingerprint density at radius 1 is 1.24 bits per heavy atom. The predicted octanol–water partition coefficient (Wildman–Crippen LogP) is 4.68. The van der Waals surface area contributed by atoms with Crippen LogP contribution >= 0.6 is 12.2 Å². The lowest BCUT2D eigenvalue weighted by Gasteiger charge is -2.43. The van der Waals surface area contributed by atoms with E-state index in [0.29, 0.717) is 17.8 Å². The Morgan fingerprint density at radius 3 is 2.55 bits per heavy atom. The van der Waals surface area contributed by atoms with Crippen molar-refractivity contribution in [2.24, 2.45) is 0 Å². The molecule has 8 heteroatoms. The van der Waals surface area contributed by atoms with E-state index in [1.165, 1.54) is 0 Å². The van der Waals surface area contributed by atoms with Gasteiger partial charge in [-0.25, -0.2) is 4.79 Å². The zero-order chi connectivity index (χ0) is 21.1. The van der Waals surface area contributed by atoms with Crippen LogP contribution in [0.3, 0.4) is 0 Å². The molecule has 0 bridgehead atoms. The number of alkyl halides is 3. The van der Waals surface area contributed by atoms with Crippen LogP contribution in [0, 0.1) is 0 Å². The molecule has 1 N–H and O–H groups in total. The highest BCUT2D eigenvalue weighted by atomic mass is 32.1. The highest BCUT2D eigenvalue weighted by Crippen LogP contribution is 2.42. The van der Waals surface area contributed by atoms with E-state index in [1.807, 2.05) is 6.07 Å². The maximum Gasteiger partial charge on any atom is 0.416 e. The maximum atomic E-state index is 12.8. The third-order valence-corrected chi connectivity index (χ3v) is 5.91. The number of hydrogen-bond donors (Lipinski definition) is 1. The van der Waals surface area contributed by atoms with E-state index in [4.69, 9.17) is 17.0 Å². The first-order chi connectivity index (χ1) is 13.8. The molecule has 29 heavy (non-hydrogen) atoms. The SMILES string of the molecule is CNC(=S)C1(c2cccnc2)CCCCC1OC(=O)c1ccc(C(F)(F)F)cc1. The summed E-state index contributed by atoms with van der Waals surface area (Å²) in [5.41, 5.74) is -0.617. The molecule has 1 heterocycles. The Balaban J connectivity index is 1.90. The van der Waals surface area contributed by atoms with Crippen molar-refractivity contribution in [3.05, 3.63) is 65.5 Å². The van der Waals surface area contributed by atoms with Crippen molar-refractivity contribution in [2.75, 3.05) is 7.05 Å². The van der Waals surface area contributed by atoms with Gasteiger partial charge in [0.15, 0.2) is 0 Å². The maximum absolute atomic E-state index is 12.8. The fourth-order valence-electron chi connectivity index (χ4n) is 3.86. The van der Waals surface area contributed by atoms with Crippen molar-refractivity contribution in [1.29, 1.82) is 0 Å². The van der Waals surface area contributed by atoms with Gasteiger partial charge in [0.25, 0.3) is 0 Å². The quantitative estimate of drug-likeness (QED) is 0.573. The standard InChI is InChI=1S/C21H21F3N2O2S/c1-25-19(29)20(16-5-4-12-26-13-16)11-3-2-6-17(20)28-18(27)14-7-9-15(10-8-14)21(22,23)24/h4-5,7-10,12-13,17H,2-3,6,11H2,1H3,(H,25,29). The molecule has 1 saturated carbocycles. The topological polar surface area (TPSA) is 51.2 Å². The Hall–Kier alpha value is -2.48. The summed E-state index contributed by atoms with van der Waals surface area (Å²) in [4.78, 5) is 17.5. The molecule has 2 unspecified atom stereocenters. The number of thiocarbonyl (C=S) groups is 1. The van der Waals surface area contributed by atoms with E-state index in [1.54, 1.807) is 25.5 Å². The summed E-state index contributed by atoms with van der Waals surface area (Å²) in [6.45, 7) is 0. The lowest BCUT2D eigenvalue weighted by Crippen LogP contribution is -2.53. The van der Waals surface area contributed by atoms with Crippen LogP contribution in [0.1, 0.15) is 47.2 Å². The number of carbonyl (C=O) groups excluding carboxylic acids is 1. The van der Waals surface area contributed by atoms with Crippen molar-refractivity contribution >= 4 is 23.2 Å². The number of pyridine rings is 1. The van der Waals surface area contributed by atoms with Gasteiger partial charge < -0.3 is 10.1 Å². The molecule has 1 aromatic carbocycles. The average molecular weight is 422 g/mol. The summed E-state index contributed by atoms with van der Waals surface area (Å²) in [5.74, 6) is -0.669. The molecule has 0 saturated heterocycles. The van der Waals surface area contributed by atoms with E-state index in [-0.39, 0.29) is 5.56 Å². The molecule has 2 aromatic rings. The Bertz CT molecular complexity index is 872. The predicted molar refractivity (Wildman–Crippen MR) is 107 cm³/mol. The summed E-state index contributed by atoms with van der Waals surface area (Å²) >= 11 is 5.62. The van der Waals surface area contributed by atoms with Crippen LogP contribution < -0.4 is 5.32 Å². The van der Waals surface area contributed by atoms with E-state index < -0.39 is 29.2 Å². The van der Waals surface area contributed by atoms with E-state index in [2.05, 4.69) is 10.3 Å². The van der Waals surface area contributed by atoms with Crippen molar-refractivity contribution in [2.45, 2.75) is 43.4 Å². The minimum atomic E-state index is -4.46. The molecule has 2 atom stereocenters. The van der Waals surface area contributed by atoms with Gasteiger partial charge in [-0.1, -0.05) is 24.7 Å². The van der Waals surface area contributed by atoms with Gasteiger partial charge in [-0.15, -0.1) is 0 Å². The summed E-state index contributed by atoms with van der Waals surface area (Å²) in [7, 11) is 1.73. The lowest BCUT2D eigenvalue weighted by molar-refractivity contribution is -0.137. The average Bonchev–Trinajstić information content (AvgIpc) is 2.73. The number of ether oxygens (including phenoxy) is 1. The van der Waals surface area contributed by atoms with Gasteiger partial charge in [0, 0.05) is 19.4 Å².